The van der Waals surface area contributed by atoms with Crippen LogP contribution in [0, 0.1) is 5.41 Å². The van der Waals surface area contributed by atoms with Crippen LogP contribution in [0.5, 0.6) is 0 Å². The molecule has 3 heteroatoms. The van der Waals surface area contributed by atoms with E-state index in [1.54, 1.807) is 0 Å². The van der Waals surface area contributed by atoms with Gasteiger partial charge in [0.2, 0.25) is 0 Å². The van der Waals surface area contributed by atoms with Crippen LogP contribution in [0.3, 0.4) is 0 Å². The van der Waals surface area contributed by atoms with Gasteiger partial charge in [0.1, 0.15) is 6.29 Å². The van der Waals surface area contributed by atoms with E-state index in [-0.39, 0.29) is 5.41 Å². The van der Waals surface area contributed by atoms with Gasteiger partial charge >= 0.3 is 0 Å². The molecule has 18 heavy (non-hydrogen) atoms. The molecule has 0 radical (unpaired) electrons. The number of hydrogen-bond donors (Lipinski definition) is 0. The number of carbonyl (C=O) groups excluding carboxylic acids is 1. The van der Waals surface area contributed by atoms with Crippen molar-refractivity contribution in [2.45, 2.75) is 58.5 Å². The zero-order valence-electron chi connectivity index (χ0n) is 12.2. The van der Waals surface area contributed by atoms with Gasteiger partial charge in [0.05, 0.1) is 0 Å². The Balaban J connectivity index is 1.97. The van der Waals surface area contributed by atoms with Crippen LogP contribution in [0.25, 0.3) is 0 Å². The quantitative estimate of drug-likeness (QED) is 0.701. The molecule has 3 nitrogen and oxygen atoms in total. The molecule has 0 bridgehead atoms. The Bertz CT molecular complexity index is 294. The fourth-order valence-corrected chi connectivity index (χ4v) is 3.68. The van der Waals surface area contributed by atoms with Crippen LogP contribution in [0.15, 0.2) is 0 Å². The van der Waals surface area contributed by atoms with Crippen LogP contribution in [0.2, 0.25) is 0 Å². The van der Waals surface area contributed by atoms with Crippen molar-refractivity contribution in [2.75, 3.05) is 26.2 Å². The first-order chi connectivity index (χ1) is 8.58. The summed E-state index contributed by atoms with van der Waals surface area (Å²) in [5.41, 5.74) is -0.149. The third-order valence-electron chi connectivity index (χ3n) is 4.74. The van der Waals surface area contributed by atoms with Crippen molar-refractivity contribution in [2.24, 2.45) is 5.41 Å². The predicted molar refractivity (Wildman–Crippen MR) is 74.7 cm³/mol. The maximum atomic E-state index is 11.4. The summed E-state index contributed by atoms with van der Waals surface area (Å²) in [4.78, 5) is 16.6. The zero-order valence-corrected chi connectivity index (χ0v) is 12.2. The van der Waals surface area contributed by atoms with E-state index in [4.69, 9.17) is 0 Å². The molecule has 0 aliphatic carbocycles. The molecule has 0 saturated carbocycles. The molecule has 0 aromatic rings. The summed E-state index contributed by atoms with van der Waals surface area (Å²) in [7, 11) is 0. The molecule has 2 fully saturated rings. The third kappa shape index (κ3) is 2.94. The fourth-order valence-electron chi connectivity index (χ4n) is 3.68. The lowest BCUT2D eigenvalue weighted by Crippen LogP contribution is -2.57. The number of piperazine rings is 1. The number of rotatable bonds is 5. The lowest BCUT2D eigenvalue weighted by atomic mass is 9.86. The van der Waals surface area contributed by atoms with E-state index >= 15 is 0 Å². The first-order valence-corrected chi connectivity index (χ1v) is 7.52. The minimum atomic E-state index is -0.149. The van der Waals surface area contributed by atoms with Crippen molar-refractivity contribution in [3.05, 3.63) is 0 Å². The fraction of sp³-hybridized carbons (Fsp3) is 0.933. The van der Waals surface area contributed by atoms with Crippen molar-refractivity contribution in [1.29, 1.82) is 0 Å². The van der Waals surface area contributed by atoms with Gasteiger partial charge in [0.15, 0.2) is 0 Å². The summed E-state index contributed by atoms with van der Waals surface area (Å²) < 4.78 is 0. The Kier molecular flexibility index (Phi) is 4.44. The van der Waals surface area contributed by atoms with Gasteiger partial charge in [-0.05, 0) is 32.7 Å². The molecule has 0 N–H and O–H groups in total. The monoisotopic (exact) mass is 252 g/mol. The molecule has 2 aliphatic heterocycles. The first-order valence-electron chi connectivity index (χ1n) is 7.52. The minimum absolute atomic E-state index is 0.149. The lowest BCUT2D eigenvalue weighted by molar-refractivity contribution is -0.117. The molecule has 0 aromatic carbocycles. The highest BCUT2D eigenvalue weighted by Crippen LogP contribution is 2.29. The normalized spacial score (nSPS) is 33.1. The van der Waals surface area contributed by atoms with Crippen molar-refractivity contribution in [3.8, 4) is 0 Å². The summed E-state index contributed by atoms with van der Waals surface area (Å²) >= 11 is 0. The molecule has 0 aromatic heterocycles. The standard InChI is InChI=1S/C15H28N2O/c1-4-7-15(3,12-18)11-17-10-14-6-5-8-16(14)9-13(17)2/h12-14H,4-11H2,1-3H3. The van der Waals surface area contributed by atoms with Gasteiger partial charge in [0, 0.05) is 37.1 Å². The SMILES string of the molecule is CCCC(C)(C=O)CN1CC2CCCN2CC1C. The number of fused-ring (bicyclic) bond motifs is 1. The van der Waals surface area contributed by atoms with Crippen LogP contribution in [0.1, 0.15) is 46.5 Å². The molecular formula is C15H28N2O. The highest BCUT2D eigenvalue weighted by atomic mass is 16.1. The molecule has 104 valence electrons. The van der Waals surface area contributed by atoms with E-state index in [1.807, 2.05) is 0 Å². The van der Waals surface area contributed by atoms with Crippen molar-refractivity contribution < 1.29 is 4.79 Å². The molecule has 2 rings (SSSR count). The Morgan fingerprint density at radius 1 is 1.39 bits per heavy atom. The lowest BCUT2D eigenvalue weighted by Gasteiger charge is -2.44. The third-order valence-corrected chi connectivity index (χ3v) is 4.74. The Morgan fingerprint density at radius 2 is 2.17 bits per heavy atom. The molecule has 3 atom stereocenters. The van der Waals surface area contributed by atoms with Gasteiger partial charge in [-0.15, -0.1) is 0 Å². The summed E-state index contributed by atoms with van der Waals surface area (Å²) in [5.74, 6) is 0. The van der Waals surface area contributed by atoms with Crippen LogP contribution in [-0.4, -0.2) is 54.3 Å². The second kappa shape index (κ2) is 5.70. The predicted octanol–water partition coefficient (Wildman–Crippen LogP) is 2.16. The molecule has 2 saturated heterocycles. The van der Waals surface area contributed by atoms with Crippen molar-refractivity contribution >= 4 is 6.29 Å². The Hall–Kier alpha value is -0.410. The van der Waals surface area contributed by atoms with Crippen LogP contribution in [-0.2, 0) is 4.79 Å². The van der Waals surface area contributed by atoms with Crippen LogP contribution < -0.4 is 0 Å². The van der Waals surface area contributed by atoms with E-state index in [0.717, 1.165) is 32.0 Å². The average molecular weight is 252 g/mol. The minimum Gasteiger partial charge on any atom is -0.303 e. The van der Waals surface area contributed by atoms with Crippen molar-refractivity contribution in [1.82, 2.24) is 9.80 Å². The Morgan fingerprint density at radius 3 is 2.83 bits per heavy atom. The first kappa shape index (κ1) is 14.0. The smallest absolute Gasteiger partial charge is 0.127 e. The largest absolute Gasteiger partial charge is 0.303 e. The summed E-state index contributed by atoms with van der Waals surface area (Å²) in [6, 6.07) is 1.34. The van der Waals surface area contributed by atoms with E-state index in [2.05, 4.69) is 30.6 Å². The highest BCUT2D eigenvalue weighted by Gasteiger charge is 2.37. The maximum Gasteiger partial charge on any atom is 0.127 e. The molecule has 3 unspecified atom stereocenters. The van der Waals surface area contributed by atoms with Gasteiger partial charge in [-0.1, -0.05) is 20.3 Å². The molecule has 0 amide bonds. The van der Waals surface area contributed by atoms with Gasteiger partial charge in [-0.3, -0.25) is 9.80 Å². The van der Waals surface area contributed by atoms with Gasteiger partial charge < -0.3 is 4.79 Å². The van der Waals surface area contributed by atoms with Gasteiger partial charge in [0.25, 0.3) is 0 Å². The number of nitrogens with zero attached hydrogens (tertiary/aromatic N) is 2. The summed E-state index contributed by atoms with van der Waals surface area (Å²) in [6.07, 6.45) is 5.98. The average Bonchev–Trinajstić information content (AvgIpc) is 2.77. The zero-order chi connectivity index (χ0) is 13.2. The Labute approximate surface area is 112 Å². The van der Waals surface area contributed by atoms with Gasteiger partial charge in [-0.25, -0.2) is 0 Å². The maximum absolute atomic E-state index is 11.4. The topological polar surface area (TPSA) is 23.6 Å². The van der Waals surface area contributed by atoms with Crippen LogP contribution in [0.4, 0.5) is 0 Å². The summed E-state index contributed by atoms with van der Waals surface area (Å²) in [5, 5.41) is 0. The number of aldehydes is 1. The number of carbonyl (C=O) groups is 1. The molecule has 2 aliphatic rings. The van der Waals surface area contributed by atoms with E-state index in [1.165, 1.54) is 32.2 Å². The second-order valence-electron chi connectivity index (χ2n) is 6.59. The highest BCUT2D eigenvalue weighted by molar-refractivity contribution is 5.59. The van der Waals surface area contributed by atoms with Crippen molar-refractivity contribution in [3.63, 3.8) is 0 Å². The van der Waals surface area contributed by atoms with E-state index in [9.17, 15) is 4.79 Å². The molecular weight excluding hydrogens is 224 g/mol. The molecule has 2 heterocycles. The van der Waals surface area contributed by atoms with Crippen LogP contribution >= 0.6 is 0 Å². The summed E-state index contributed by atoms with van der Waals surface area (Å²) in [6.45, 7) is 11.2. The molecule has 0 spiro atoms. The number of hydrogen-bond acceptors (Lipinski definition) is 3. The second-order valence-corrected chi connectivity index (χ2v) is 6.59. The van der Waals surface area contributed by atoms with E-state index in [0.29, 0.717) is 6.04 Å². The van der Waals surface area contributed by atoms with E-state index < -0.39 is 0 Å². The van der Waals surface area contributed by atoms with Gasteiger partial charge in [-0.2, -0.15) is 0 Å².